The zero-order valence-corrected chi connectivity index (χ0v) is 11.0. The standard InChI is InChI=1S/C14H14N2O4/c1-10(17)9-20-14(19)12-7-8-13(18)16(15-12)11-5-3-2-4-6-11/h2-7,15H,8-9H2,1H3. The molecule has 0 unspecified atom stereocenters. The molecule has 0 saturated heterocycles. The molecule has 1 heterocycles. The van der Waals surface area contributed by atoms with Gasteiger partial charge in [0.25, 0.3) is 0 Å². The molecule has 0 bridgehead atoms. The third-order valence-electron chi connectivity index (χ3n) is 2.60. The predicted octanol–water partition coefficient (Wildman–Crippen LogP) is 0.944. The van der Waals surface area contributed by atoms with Crippen LogP contribution in [0.15, 0.2) is 42.1 Å². The van der Waals surface area contributed by atoms with Gasteiger partial charge in [-0.15, -0.1) is 0 Å². The number of hydrogen-bond acceptors (Lipinski definition) is 5. The number of esters is 1. The normalized spacial score (nSPS) is 14.3. The first-order valence-electron chi connectivity index (χ1n) is 6.09. The first-order chi connectivity index (χ1) is 9.58. The van der Waals surface area contributed by atoms with Gasteiger partial charge in [0.1, 0.15) is 12.3 Å². The van der Waals surface area contributed by atoms with Crippen LogP contribution in [0.1, 0.15) is 13.3 Å². The summed E-state index contributed by atoms with van der Waals surface area (Å²) in [5.41, 5.74) is 3.48. The number of benzene rings is 1. The number of para-hydroxylation sites is 1. The number of nitrogens with one attached hydrogen (secondary N) is 1. The highest BCUT2D eigenvalue weighted by Crippen LogP contribution is 2.17. The number of nitrogens with zero attached hydrogens (tertiary/aromatic N) is 1. The van der Waals surface area contributed by atoms with Crippen LogP contribution < -0.4 is 10.4 Å². The molecule has 1 N–H and O–H groups in total. The van der Waals surface area contributed by atoms with E-state index in [1.54, 1.807) is 24.3 Å². The second-order valence-corrected chi connectivity index (χ2v) is 4.28. The Labute approximate surface area is 116 Å². The third kappa shape index (κ3) is 3.23. The van der Waals surface area contributed by atoms with Crippen LogP contribution >= 0.6 is 0 Å². The zero-order valence-electron chi connectivity index (χ0n) is 11.0. The lowest BCUT2D eigenvalue weighted by atomic mass is 10.2. The molecule has 0 radical (unpaired) electrons. The highest BCUT2D eigenvalue weighted by molar-refractivity contribution is 5.99. The van der Waals surface area contributed by atoms with Crippen LogP contribution in [0.5, 0.6) is 0 Å². The van der Waals surface area contributed by atoms with Gasteiger partial charge >= 0.3 is 5.97 Å². The van der Waals surface area contributed by atoms with E-state index in [9.17, 15) is 14.4 Å². The van der Waals surface area contributed by atoms with E-state index in [0.717, 1.165) is 0 Å². The van der Waals surface area contributed by atoms with Crippen molar-refractivity contribution in [3.8, 4) is 0 Å². The predicted molar refractivity (Wildman–Crippen MR) is 71.4 cm³/mol. The summed E-state index contributed by atoms with van der Waals surface area (Å²) in [6.45, 7) is 1.05. The van der Waals surface area contributed by atoms with Crippen LogP contribution in [-0.4, -0.2) is 24.3 Å². The van der Waals surface area contributed by atoms with E-state index in [4.69, 9.17) is 4.74 Å². The molecule has 1 aromatic carbocycles. The third-order valence-corrected chi connectivity index (χ3v) is 2.60. The maximum absolute atomic E-state index is 11.8. The molecule has 0 aliphatic carbocycles. The van der Waals surface area contributed by atoms with Gasteiger partial charge in [0.15, 0.2) is 5.78 Å². The number of anilines is 1. The van der Waals surface area contributed by atoms with Crippen LogP contribution in [0.4, 0.5) is 5.69 Å². The van der Waals surface area contributed by atoms with Crippen molar-refractivity contribution in [3.05, 3.63) is 42.1 Å². The van der Waals surface area contributed by atoms with Gasteiger partial charge in [-0.05, 0) is 25.1 Å². The second-order valence-electron chi connectivity index (χ2n) is 4.28. The molecule has 1 aromatic rings. The summed E-state index contributed by atoms with van der Waals surface area (Å²) in [5, 5.41) is 1.28. The Morgan fingerprint density at radius 3 is 2.65 bits per heavy atom. The minimum absolute atomic E-state index is 0.0897. The molecule has 20 heavy (non-hydrogen) atoms. The molecule has 0 fully saturated rings. The maximum atomic E-state index is 11.8. The summed E-state index contributed by atoms with van der Waals surface area (Å²) < 4.78 is 4.81. The fourth-order valence-corrected chi connectivity index (χ4v) is 1.67. The van der Waals surface area contributed by atoms with Crippen LogP contribution in [0, 0.1) is 0 Å². The lowest BCUT2D eigenvalue weighted by molar-refractivity contribution is -0.144. The van der Waals surface area contributed by atoms with Crippen molar-refractivity contribution < 1.29 is 19.1 Å². The van der Waals surface area contributed by atoms with Gasteiger partial charge in [0.05, 0.1) is 5.69 Å². The summed E-state index contributed by atoms with van der Waals surface area (Å²) >= 11 is 0. The minimum atomic E-state index is -0.659. The number of amides is 1. The Morgan fingerprint density at radius 2 is 2.00 bits per heavy atom. The Balaban J connectivity index is 2.09. The second kappa shape index (κ2) is 6.01. The summed E-state index contributed by atoms with van der Waals surface area (Å²) in [6, 6.07) is 8.89. The fraction of sp³-hybridized carbons (Fsp3) is 0.214. The first-order valence-corrected chi connectivity index (χ1v) is 6.09. The number of Topliss-reactive ketones (excluding diaryl/α,β-unsaturated/α-hetero) is 1. The van der Waals surface area contributed by atoms with Crippen molar-refractivity contribution in [2.45, 2.75) is 13.3 Å². The largest absolute Gasteiger partial charge is 0.453 e. The molecule has 2 rings (SSSR count). The molecule has 104 valence electrons. The van der Waals surface area contributed by atoms with E-state index in [1.165, 1.54) is 18.0 Å². The van der Waals surface area contributed by atoms with Crippen molar-refractivity contribution in [2.24, 2.45) is 0 Å². The van der Waals surface area contributed by atoms with E-state index in [2.05, 4.69) is 5.43 Å². The number of carbonyl (C=O) groups is 3. The number of rotatable bonds is 4. The van der Waals surface area contributed by atoms with Crippen molar-refractivity contribution in [3.63, 3.8) is 0 Å². The van der Waals surface area contributed by atoms with Crippen molar-refractivity contribution in [1.29, 1.82) is 0 Å². The van der Waals surface area contributed by atoms with Gasteiger partial charge in [-0.25, -0.2) is 9.80 Å². The fourth-order valence-electron chi connectivity index (χ4n) is 1.67. The molecule has 6 heteroatoms. The first kappa shape index (κ1) is 13.8. The SMILES string of the molecule is CC(=O)COC(=O)C1=CCC(=O)N(c2ccccc2)N1. The Morgan fingerprint density at radius 1 is 1.30 bits per heavy atom. The van der Waals surface area contributed by atoms with Crippen molar-refractivity contribution >= 4 is 23.3 Å². The molecule has 0 spiro atoms. The molecule has 0 saturated carbocycles. The number of hydrogen-bond donors (Lipinski definition) is 1. The van der Waals surface area contributed by atoms with Crippen LogP contribution in [0.2, 0.25) is 0 Å². The smallest absolute Gasteiger partial charge is 0.356 e. The van der Waals surface area contributed by atoms with E-state index >= 15 is 0 Å². The highest BCUT2D eigenvalue weighted by Gasteiger charge is 2.24. The minimum Gasteiger partial charge on any atom is -0.453 e. The Kier molecular flexibility index (Phi) is 4.14. The molecule has 1 amide bonds. The number of carbonyl (C=O) groups excluding carboxylic acids is 3. The average Bonchev–Trinajstić information content (AvgIpc) is 2.46. The van der Waals surface area contributed by atoms with Gasteiger partial charge in [-0.3, -0.25) is 15.0 Å². The number of hydrazine groups is 1. The van der Waals surface area contributed by atoms with E-state index in [-0.39, 0.29) is 30.4 Å². The van der Waals surface area contributed by atoms with E-state index < -0.39 is 5.97 Å². The molecule has 1 aliphatic rings. The van der Waals surface area contributed by atoms with Crippen LogP contribution in [0.25, 0.3) is 0 Å². The van der Waals surface area contributed by atoms with Crippen molar-refractivity contribution in [1.82, 2.24) is 5.43 Å². The number of ketones is 1. The molecular formula is C14H14N2O4. The molecule has 0 atom stereocenters. The zero-order chi connectivity index (χ0) is 14.5. The summed E-state index contributed by atoms with van der Waals surface area (Å²) in [6.07, 6.45) is 1.54. The Bertz CT molecular complexity index is 566. The van der Waals surface area contributed by atoms with E-state index in [0.29, 0.717) is 5.69 Å². The molecule has 0 aromatic heterocycles. The van der Waals surface area contributed by atoms with Crippen molar-refractivity contribution in [2.75, 3.05) is 11.6 Å². The summed E-state index contributed by atoms with van der Waals surface area (Å²) in [4.78, 5) is 34.4. The van der Waals surface area contributed by atoms with Gasteiger partial charge in [-0.1, -0.05) is 18.2 Å². The monoisotopic (exact) mass is 274 g/mol. The van der Waals surface area contributed by atoms with Crippen LogP contribution in [0.3, 0.4) is 0 Å². The summed E-state index contributed by atoms with van der Waals surface area (Å²) in [7, 11) is 0. The van der Waals surface area contributed by atoms with E-state index in [1.807, 2.05) is 6.07 Å². The van der Waals surface area contributed by atoms with Gasteiger partial charge in [-0.2, -0.15) is 0 Å². The topological polar surface area (TPSA) is 75.7 Å². The number of ether oxygens (including phenoxy) is 1. The van der Waals surface area contributed by atoms with Gasteiger partial charge in [0.2, 0.25) is 5.91 Å². The molecular weight excluding hydrogens is 260 g/mol. The maximum Gasteiger partial charge on any atom is 0.356 e. The quantitative estimate of drug-likeness (QED) is 0.827. The van der Waals surface area contributed by atoms with Gasteiger partial charge in [0, 0.05) is 6.42 Å². The average molecular weight is 274 g/mol. The lowest BCUT2D eigenvalue weighted by Crippen LogP contribution is -2.47. The molecule has 1 aliphatic heterocycles. The summed E-state index contributed by atoms with van der Waals surface area (Å²) in [5.74, 6) is -1.08. The van der Waals surface area contributed by atoms with Crippen LogP contribution in [-0.2, 0) is 19.1 Å². The molecule has 6 nitrogen and oxygen atoms in total. The lowest BCUT2D eigenvalue weighted by Gasteiger charge is -2.28. The van der Waals surface area contributed by atoms with Gasteiger partial charge < -0.3 is 4.74 Å². The highest BCUT2D eigenvalue weighted by atomic mass is 16.5. The Hall–Kier alpha value is -2.63.